The first-order valence-electron chi connectivity index (χ1n) is 3.67. The van der Waals surface area contributed by atoms with Crippen LogP contribution in [0.4, 0.5) is 11.9 Å². The molecular formula is C6H7N5O2. The van der Waals surface area contributed by atoms with Crippen LogP contribution in [0, 0.1) is 5.92 Å². The summed E-state index contributed by atoms with van der Waals surface area (Å²) < 4.78 is 1.00. The van der Waals surface area contributed by atoms with Crippen LogP contribution in [0.5, 0.6) is 0 Å². The van der Waals surface area contributed by atoms with Crippen molar-refractivity contribution in [2.45, 2.75) is 6.92 Å². The Bertz CT molecular complexity index is 396. The summed E-state index contributed by atoms with van der Waals surface area (Å²) >= 11 is 0. The minimum Gasteiger partial charge on any atom is -0.366 e. The van der Waals surface area contributed by atoms with Gasteiger partial charge >= 0.3 is 0 Å². The van der Waals surface area contributed by atoms with Crippen molar-refractivity contribution in [3.8, 4) is 0 Å². The molecule has 3 N–H and O–H groups in total. The van der Waals surface area contributed by atoms with Gasteiger partial charge in [0.1, 0.15) is 5.92 Å². The zero-order valence-corrected chi connectivity index (χ0v) is 6.81. The van der Waals surface area contributed by atoms with Crippen LogP contribution in [-0.4, -0.2) is 26.6 Å². The van der Waals surface area contributed by atoms with Crippen molar-refractivity contribution in [1.82, 2.24) is 14.8 Å². The lowest BCUT2D eigenvalue weighted by Crippen LogP contribution is -2.38. The van der Waals surface area contributed by atoms with Crippen molar-refractivity contribution in [3.63, 3.8) is 0 Å². The van der Waals surface area contributed by atoms with E-state index >= 15 is 0 Å². The standard InChI is InChI=1S/C6H7N5O2/c1-2-3(12)8-6-9-5(7)10-11(6)4(2)13/h2H,1H3,(H3,7,8,9,10,12). The maximum Gasteiger partial charge on any atom is 0.262 e. The Balaban J connectivity index is 2.54. The minimum absolute atomic E-state index is 0.0299. The van der Waals surface area contributed by atoms with Gasteiger partial charge in [-0.1, -0.05) is 0 Å². The molecule has 0 saturated heterocycles. The van der Waals surface area contributed by atoms with Crippen molar-refractivity contribution in [1.29, 1.82) is 0 Å². The average Bonchev–Trinajstić information content (AvgIpc) is 2.42. The number of carbonyl (C=O) groups is 2. The van der Waals surface area contributed by atoms with Gasteiger partial charge in [0, 0.05) is 0 Å². The number of nitrogens with zero attached hydrogens (tertiary/aromatic N) is 3. The zero-order chi connectivity index (χ0) is 9.59. The molecule has 0 fully saturated rings. The monoisotopic (exact) mass is 181 g/mol. The molecule has 1 aliphatic heterocycles. The SMILES string of the molecule is CC1C(=O)Nc2nc(N)nn2C1=O. The van der Waals surface area contributed by atoms with Gasteiger partial charge in [0.2, 0.25) is 17.8 Å². The fourth-order valence-electron chi connectivity index (χ4n) is 1.08. The van der Waals surface area contributed by atoms with Crippen molar-refractivity contribution in [3.05, 3.63) is 0 Å². The minimum atomic E-state index is -0.742. The van der Waals surface area contributed by atoms with E-state index in [-0.39, 0.29) is 17.8 Å². The van der Waals surface area contributed by atoms with E-state index in [4.69, 9.17) is 5.73 Å². The van der Waals surface area contributed by atoms with Crippen molar-refractivity contribution in [2.75, 3.05) is 11.1 Å². The molecule has 1 aliphatic rings. The van der Waals surface area contributed by atoms with Crippen LogP contribution >= 0.6 is 0 Å². The number of carbonyl (C=O) groups excluding carboxylic acids is 2. The van der Waals surface area contributed by atoms with Gasteiger partial charge in [0.05, 0.1) is 0 Å². The van der Waals surface area contributed by atoms with E-state index in [2.05, 4.69) is 15.4 Å². The van der Waals surface area contributed by atoms with Crippen LogP contribution in [0.3, 0.4) is 0 Å². The van der Waals surface area contributed by atoms with Crippen LogP contribution in [0.25, 0.3) is 0 Å². The Morgan fingerprint density at radius 2 is 2.23 bits per heavy atom. The van der Waals surface area contributed by atoms with E-state index < -0.39 is 11.8 Å². The number of nitrogen functional groups attached to an aromatic ring is 1. The fraction of sp³-hybridized carbons (Fsp3) is 0.333. The number of fused-ring (bicyclic) bond motifs is 1. The van der Waals surface area contributed by atoms with Crippen LogP contribution in [0.1, 0.15) is 11.7 Å². The topological polar surface area (TPSA) is 103 Å². The predicted octanol–water partition coefficient (Wildman–Crippen LogP) is -0.911. The predicted molar refractivity (Wildman–Crippen MR) is 42.9 cm³/mol. The molecule has 1 aromatic heterocycles. The van der Waals surface area contributed by atoms with Crippen LogP contribution in [-0.2, 0) is 4.79 Å². The summed E-state index contributed by atoms with van der Waals surface area (Å²) in [7, 11) is 0. The first-order chi connectivity index (χ1) is 6.09. The van der Waals surface area contributed by atoms with Crippen LogP contribution in [0.15, 0.2) is 0 Å². The molecule has 68 valence electrons. The number of nitrogens with one attached hydrogen (secondary N) is 1. The molecule has 0 aliphatic carbocycles. The molecule has 0 bridgehead atoms. The highest BCUT2D eigenvalue weighted by Crippen LogP contribution is 2.16. The molecule has 0 aromatic carbocycles. The van der Waals surface area contributed by atoms with E-state index in [9.17, 15) is 9.59 Å². The molecular weight excluding hydrogens is 174 g/mol. The van der Waals surface area contributed by atoms with E-state index in [1.165, 1.54) is 6.92 Å². The van der Waals surface area contributed by atoms with Crippen LogP contribution < -0.4 is 11.1 Å². The summed E-state index contributed by atoms with van der Waals surface area (Å²) in [4.78, 5) is 26.2. The quantitative estimate of drug-likeness (QED) is 0.504. The Labute approximate surface area is 72.9 Å². The third kappa shape index (κ3) is 0.968. The van der Waals surface area contributed by atoms with Crippen molar-refractivity contribution in [2.24, 2.45) is 5.92 Å². The van der Waals surface area contributed by atoms with Gasteiger partial charge in [0.15, 0.2) is 0 Å². The number of aromatic nitrogens is 3. The highest BCUT2D eigenvalue weighted by atomic mass is 16.2. The molecule has 1 unspecified atom stereocenters. The molecule has 0 spiro atoms. The van der Waals surface area contributed by atoms with Crippen molar-refractivity contribution < 1.29 is 9.59 Å². The highest BCUT2D eigenvalue weighted by Gasteiger charge is 2.32. The summed E-state index contributed by atoms with van der Waals surface area (Å²) in [5.41, 5.74) is 5.26. The number of nitrogens with two attached hydrogens (primary N) is 1. The van der Waals surface area contributed by atoms with Crippen LogP contribution in [0.2, 0.25) is 0 Å². The van der Waals surface area contributed by atoms with Gasteiger partial charge < -0.3 is 5.73 Å². The van der Waals surface area contributed by atoms with Gasteiger partial charge in [-0.3, -0.25) is 14.9 Å². The van der Waals surface area contributed by atoms with Gasteiger partial charge in [-0.25, -0.2) is 0 Å². The Hall–Kier alpha value is -1.92. The lowest BCUT2D eigenvalue weighted by molar-refractivity contribution is -0.118. The molecule has 13 heavy (non-hydrogen) atoms. The molecule has 1 atom stereocenters. The summed E-state index contributed by atoms with van der Waals surface area (Å²) in [5.74, 6) is -1.48. The summed E-state index contributed by atoms with van der Waals surface area (Å²) in [5, 5.41) is 6.05. The first-order valence-corrected chi connectivity index (χ1v) is 3.67. The maximum atomic E-state index is 11.4. The largest absolute Gasteiger partial charge is 0.366 e. The Kier molecular flexibility index (Phi) is 1.35. The molecule has 0 saturated carbocycles. The average molecular weight is 181 g/mol. The molecule has 7 nitrogen and oxygen atoms in total. The van der Waals surface area contributed by atoms with E-state index in [0.29, 0.717) is 0 Å². The number of hydrogen-bond acceptors (Lipinski definition) is 5. The Morgan fingerprint density at radius 3 is 2.92 bits per heavy atom. The van der Waals surface area contributed by atoms with Gasteiger partial charge in [-0.15, -0.1) is 5.10 Å². The second-order valence-electron chi connectivity index (χ2n) is 2.75. The zero-order valence-electron chi connectivity index (χ0n) is 6.81. The first kappa shape index (κ1) is 7.71. The summed E-state index contributed by atoms with van der Waals surface area (Å²) in [6.07, 6.45) is 0. The lowest BCUT2D eigenvalue weighted by Gasteiger charge is -2.16. The molecule has 1 amide bonds. The maximum absolute atomic E-state index is 11.4. The Morgan fingerprint density at radius 1 is 1.54 bits per heavy atom. The van der Waals surface area contributed by atoms with Gasteiger partial charge in [0.25, 0.3) is 5.91 Å². The number of hydrogen-bond donors (Lipinski definition) is 2. The smallest absolute Gasteiger partial charge is 0.262 e. The normalized spacial score (nSPS) is 21.2. The van der Waals surface area contributed by atoms with Gasteiger partial charge in [-0.05, 0) is 6.92 Å². The molecule has 2 heterocycles. The third-order valence-electron chi connectivity index (χ3n) is 1.83. The second-order valence-corrected chi connectivity index (χ2v) is 2.75. The molecule has 1 aromatic rings. The number of anilines is 2. The van der Waals surface area contributed by atoms with Crippen molar-refractivity contribution >= 4 is 23.7 Å². The highest BCUT2D eigenvalue weighted by molar-refractivity contribution is 6.10. The third-order valence-corrected chi connectivity index (χ3v) is 1.83. The molecule has 2 rings (SSSR count). The van der Waals surface area contributed by atoms with E-state index in [1.807, 2.05) is 0 Å². The number of amides is 1. The lowest BCUT2D eigenvalue weighted by atomic mass is 10.1. The molecule has 7 heteroatoms. The van der Waals surface area contributed by atoms with Gasteiger partial charge in [-0.2, -0.15) is 9.67 Å². The summed E-state index contributed by atoms with van der Waals surface area (Å²) in [6, 6.07) is 0. The van der Waals surface area contributed by atoms with E-state index in [0.717, 1.165) is 4.68 Å². The van der Waals surface area contributed by atoms with E-state index in [1.54, 1.807) is 0 Å². The number of rotatable bonds is 0. The molecule has 0 radical (unpaired) electrons. The fourth-order valence-corrected chi connectivity index (χ4v) is 1.08. The summed E-state index contributed by atoms with van der Waals surface area (Å²) in [6.45, 7) is 1.50. The second kappa shape index (κ2) is 2.28.